The molecule has 0 aromatic carbocycles. The minimum atomic E-state index is 0. The predicted octanol–water partition coefficient (Wildman–Crippen LogP) is 0.282. The van der Waals surface area contributed by atoms with E-state index in [4.69, 9.17) is 0 Å². The molecule has 1 aromatic heterocycles. The van der Waals surface area contributed by atoms with Gasteiger partial charge in [-0.15, -0.1) is 17.5 Å². The van der Waals surface area contributed by atoms with Crippen molar-refractivity contribution in [2.45, 2.75) is 6.04 Å². The van der Waals surface area contributed by atoms with Crippen LogP contribution in [0.3, 0.4) is 0 Å². The van der Waals surface area contributed by atoms with Gasteiger partial charge >= 0.3 is 0 Å². The molecule has 0 unspecified atom stereocenters. The lowest BCUT2D eigenvalue weighted by molar-refractivity contribution is 0.470. The Labute approximate surface area is 77.2 Å². The number of nitrogens with zero attached hydrogens (tertiary/aromatic N) is 2. The molecule has 0 atom stereocenters. The SMILES string of the molecule is Cl.c1cnnc(NC2CNC2)c1. The molecule has 66 valence electrons. The normalized spacial score (nSPS) is 16.0. The summed E-state index contributed by atoms with van der Waals surface area (Å²) in [6.45, 7) is 2.05. The molecule has 4 nitrogen and oxygen atoms in total. The van der Waals surface area contributed by atoms with E-state index in [9.17, 15) is 0 Å². The number of hydrogen-bond donors (Lipinski definition) is 2. The highest BCUT2D eigenvalue weighted by molar-refractivity contribution is 5.85. The molecule has 2 rings (SSSR count). The Bertz CT molecular complexity index is 224. The standard InChI is InChI=1S/C7H10N4.ClH/c1-2-7(11-9-3-1)10-6-4-8-5-6;/h1-3,6,8H,4-5H2,(H,10,11);1H. The van der Waals surface area contributed by atoms with Crippen LogP contribution in [0.1, 0.15) is 0 Å². The van der Waals surface area contributed by atoms with Crippen molar-refractivity contribution in [3.8, 4) is 0 Å². The zero-order valence-electron chi connectivity index (χ0n) is 6.53. The first-order valence-corrected chi connectivity index (χ1v) is 3.70. The van der Waals surface area contributed by atoms with Crippen LogP contribution in [0.2, 0.25) is 0 Å². The average Bonchev–Trinajstić information content (AvgIpc) is 1.99. The van der Waals surface area contributed by atoms with Gasteiger partial charge in [-0.05, 0) is 12.1 Å². The van der Waals surface area contributed by atoms with E-state index in [-0.39, 0.29) is 12.4 Å². The van der Waals surface area contributed by atoms with Gasteiger partial charge in [-0.25, -0.2) is 0 Å². The van der Waals surface area contributed by atoms with E-state index >= 15 is 0 Å². The summed E-state index contributed by atoms with van der Waals surface area (Å²) in [5.41, 5.74) is 0. The Kier molecular flexibility index (Phi) is 3.25. The molecule has 0 saturated carbocycles. The predicted molar refractivity (Wildman–Crippen MR) is 49.6 cm³/mol. The molecule has 1 aliphatic heterocycles. The molecule has 1 saturated heterocycles. The van der Waals surface area contributed by atoms with Crippen LogP contribution >= 0.6 is 12.4 Å². The maximum absolute atomic E-state index is 3.91. The van der Waals surface area contributed by atoms with Crippen LogP contribution in [0.15, 0.2) is 18.3 Å². The van der Waals surface area contributed by atoms with E-state index in [0.29, 0.717) is 6.04 Å². The maximum Gasteiger partial charge on any atom is 0.148 e. The molecule has 0 bridgehead atoms. The van der Waals surface area contributed by atoms with E-state index in [0.717, 1.165) is 18.9 Å². The van der Waals surface area contributed by atoms with E-state index < -0.39 is 0 Å². The van der Waals surface area contributed by atoms with E-state index in [1.54, 1.807) is 6.20 Å². The van der Waals surface area contributed by atoms with Crippen molar-refractivity contribution < 1.29 is 0 Å². The van der Waals surface area contributed by atoms with Crippen molar-refractivity contribution in [2.75, 3.05) is 18.4 Å². The lowest BCUT2D eigenvalue weighted by Gasteiger charge is -2.27. The quantitative estimate of drug-likeness (QED) is 0.697. The van der Waals surface area contributed by atoms with Crippen LogP contribution in [0.4, 0.5) is 5.82 Å². The molecule has 2 N–H and O–H groups in total. The van der Waals surface area contributed by atoms with Crippen LogP contribution in [0, 0.1) is 0 Å². The summed E-state index contributed by atoms with van der Waals surface area (Å²) in [6.07, 6.45) is 1.67. The van der Waals surface area contributed by atoms with Crippen molar-refractivity contribution >= 4 is 18.2 Å². The van der Waals surface area contributed by atoms with Crippen molar-refractivity contribution in [1.82, 2.24) is 15.5 Å². The molecule has 0 aliphatic carbocycles. The fraction of sp³-hybridized carbons (Fsp3) is 0.429. The zero-order chi connectivity index (χ0) is 7.52. The Morgan fingerprint density at radius 3 is 2.83 bits per heavy atom. The zero-order valence-corrected chi connectivity index (χ0v) is 7.34. The average molecular weight is 187 g/mol. The van der Waals surface area contributed by atoms with Gasteiger partial charge in [0.15, 0.2) is 0 Å². The van der Waals surface area contributed by atoms with E-state index in [2.05, 4.69) is 20.8 Å². The van der Waals surface area contributed by atoms with Gasteiger partial charge in [-0.2, -0.15) is 5.10 Å². The monoisotopic (exact) mass is 186 g/mol. The van der Waals surface area contributed by atoms with E-state index in [1.807, 2.05) is 12.1 Å². The van der Waals surface area contributed by atoms with Crippen LogP contribution in [0.5, 0.6) is 0 Å². The van der Waals surface area contributed by atoms with Crippen molar-refractivity contribution in [3.63, 3.8) is 0 Å². The van der Waals surface area contributed by atoms with Crippen LogP contribution in [-0.4, -0.2) is 29.3 Å². The summed E-state index contributed by atoms with van der Waals surface area (Å²) in [6, 6.07) is 4.33. The molecule has 5 heteroatoms. The maximum atomic E-state index is 3.91. The van der Waals surface area contributed by atoms with Gasteiger partial charge in [0.1, 0.15) is 5.82 Å². The second kappa shape index (κ2) is 4.23. The molecule has 0 radical (unpaired) electrons. The second-order valence-electron chi connectivity index (χ2n) is 2.61. The first kappa shape index (κ1) is 9.22. The Morgan fingerprint density at radius 1 is 1.50 bits per heavy atom. The largest absolute Gasteiger partial charge is 0.363 e. The number of rotatable bonds is 2. The molecule has 1 fully saturated rings. The molecule has 0 amide bonds. The highest BCUT2D eigenvalue weighted by atomic mass is 35.5. The van der Waals surface area contributed by atoms with Gasteiger partial charge in [-0.3, -0.25) is 0 Å². The van der Waals surface area contributed by atoms with Gasteiger partial charge in [-0.1, -0.05) is 0 Å². The minimum Gasteiger partial charge on any atom is -0.363 e. The summed E-state index contributed by atoms with van der Waals surface area (Å²) in [5, 5.41) is 14.1. The number of hydrogen-bond acceptors (Lipinski definition) is 4. The molecular formula is C7H11ClN4. The molecular weight excluding hydrogens is 176 g/mol. The van der Waals surface area contributed by atoms with Crippen LogP contribution in [0.25, 0.3) is 0 Å². The van der Waals surface area contributed by atoms with Gasteiger partial charge in [0.25, 0.3) is 0 Å². The first-order chi connectivity index (χ1) is 5.45. The third kappa shape index (κ3) is 2.06. The van der Waals surface area contributed by atoms with Gasteiger partial charge in [0.05, 0.1) is 6.04 Å². The van der Waals surface area contributed by atoms with Crippen LogP contribution in [-0.2, 0) is 0 Å². The smallest absolute Gasteiger partial charge is 0.148 e. The Hall–Kier alpha value is -0.870. The molecule has 12 heavy (non-hydrogen) atoms. The fourth-order valence-electron chi connectivity index (χ4n) is 0.978. The van der Waals surface area contributed by atoms with Crippen molar-refractivity contribution in [3.05, 3.63) is 18.3 Å². The summed E-state index contributed by atoms with van der Waals surface area (Å²) >= 11 is 0. The molecule has 2 heterocycles. The summed E-state index contributed by atoms with van der Waals surface area (Å²) in [7, 11) is 0. The third-order valence-electron chi connectivity index (χ3n) is 1.71. The van der Waals surface area contributed by atoms with Crippen molar-refractivity contribution in [2.24, 2.45) is 0 Å². The molecule has 0 spiro atoms. The van der Waals surface area contributed by atoms with E-state index in [1.165, 1.54) is 0 Å². The highest BCUT2D eigenvalue weighted by Crippen LogP contribution is 2.03. The van der Waals surface area contributed by atoms with Crippen LogP contribution < -0.4 is 10.6 Å². The number of anilines is 1. The number of halogens is 1. The minimum absolute atomic E-state index is 0. The van der Waals surface area contributed by atoms with Crippen molar-refractivity contribution in [1.29, 1.82) is 0 Å². The Morgan fingerprint density at radius 2 is 2.33 bits per heavy atom. The summed E-state index contributed by atoms with van der Waals surface area (Å²) < 4.78 is 0. The topological polar surface area (TPSA) is 49.8 Å². The summed E-state index contributed by atoms with van der Waals surface area (Å²) in [4.78, 5) is 0. The lowest BCUT2D eigenvalue weighted by Crippen LogP contribution is -2.51. The number of aromatic nitrogens is 2. The summed E-state index contributed by atoms with van der Waals surface area (Å²) in [5.74, 6) is 0.860. The van der Waals surface area contributed by atoms with Gasteiger partial charge in [0, 0.05) is 19.3 Å². The molecule has 1 aromatic rings. The third-order valence-corrected chi connectivity index (χ3v) is 1.71. The van der Waals surface area contributed by atoms with Gasteiger partial charge in [0.2, 0.25) is 0 Å². The highest BCUT2D eigenvalue weighted by Gasteiger charge is 2.15. The fourth-order valence-corrected chi connectivity index (χ4v) is 0.978. The van der Waals surface area contributed by atoms with Gasteiger partial charge < -0.3 is 10.6 Å². The molecule has 1 aliphatic rings. The lowest BCUT2D eigenvalue weighted by atomic mass is 10.2. The first-order valence-electron chi connectivity index (χ1n) is 3.70. The number of nitrogens with one attached hydrogen (secondary N) is 2. The Balaban J connectivity index is 0.000000720. The second-order valence-corrected chi connectivity index (χ2v) is 2.61.